The quantitative estimate of drug-likeness (QED) is 0.719. The summed E-state index contributed by atoms with van der Waals surface area (Å²) in [4.78, 5) is 0.172. The van der Waals surface area contributed by atoms with Crippen LogP contribution in [0.2, 0.25) is 0 Å². The number of hydrogen-bond donors (Lipinski definition) is 2. The third-order valence-corrected chi connectivity index (χ3v) is 4.56. The van der Waals surface area contributed by atoms with Crippen molar-refractivity contribution in [2.24, 2.45) is 0 Å². The van der Waals surface area contributed by atoms with Crippen LogP contribution in [-0.4, -0.2) is 39.0 Å². The molecule has 17 heavy (non-hydrogen) atoms. The van der Waals surface area contributed by atoms with Gasteiger partial charge in [0.1, 0.15) is 0 Å². The molecule has 0 bridgehead atoms. The Bertz CT molecular complexity index is 510. The topological polar surface area (TPSA) is 98.7 Å². The van der Waals surface area contributed by atoms with E-state index in [4.69, 9.17) is 16.2 Å². The fourth-order valence-electron chi connectivity index (χ4n) is 1.65. The zero-order valence-corrected chi connectivity index (χ0v) is 10.1. The lowest BCUT2D eigenvalue weighted by atomic mass is 10.3. The van der Waals surface area contributed by atoms with Crippen molar-refractivity contribution in [3.63, 3.8) is 0 Å². The second-order valence-electron chi connectivity index (χ2n) is 3.81. The van der Waals surface area contributed by atoms with E-state index in [9.17, 15) is 8.42 Å². The summed E-state index contributed by atoms with van der Waals surface area (Å²) >= 11 is 0. The Kier molecular flexibility index (Phi) is 3.23. The van der Waals surface area contributed by atoms with Gasteiger partial charge in [-0.15, -0.1) is 0 Å². The van der Waals surface area contributed by atoms with Gasteiger partial charge in [0.05, 0.1) is 29.5 Å². The molecule has 0 aromatic heterocycles. The summed E-state index contributed by atoms with van der Waals surface area (Å²) in [6.07, 6.45) is 0. The largest absolute Gasteiger partial charge is 0.397 e. The number of ether oxygens (including phenoxy) is 1. The molecule has 2 rings (SSSR count). The van der Waals surface area contributed by atoms with E-state index >= 15 is 0 Å². The Balaban J connectivity index is 2.33. The smallest absolute Gasteiger partial charge is 0.243 e. The van der Waals surface area contributed by atoms with Crippen molar-refractivity contribution in [3.8, 4) is 0 Å². The molecule has 0 spiro atoms. The highest BCUT2D eigenvalue weighted by Gasteiger charge is 2.26. The average Bonchev–Trinajstić information content (AvgIpc) is 2.33. The molecule has 0 amide bonds. The molecule has 4 N–H and O–H groups in total. The zero-order valence-electron chi connectivity index (χ0n) is 9.30. The molecule has 1 heterocycles. The first kappa shape index (κ1) is 12.2. The highest BCUT2D eigenvalue weighted by molar-refractivity contribution is 7.89. The van der Waals surface area contributed by atoms with E-state index < -0.39 is 10.0 Å². The first-order chi connectivity index (χ1) is 8.01. The van der Waals surface area contributed by atoms with Crippen molar-refractivity contribution in [1.29, 1.82) is 0 Å². The molecular weight excluding hydrogens is 242 g/mol. The lowest BCUT2D eigenvalue weighted by molar-refractivity contribution is 0.0730. The van der Waals surface area contributed by atoms with E-state index in [1.165, 1.54) is 22.5 Å². The summed E-state index contributed by atoms with van der Waals surface area (Å²) in [6, 6.07) is 4.36. The van der Waals surface area contributed by atoms with E-state index in [0.717, 1.165) is 0 Å². The first-order valence-electron chi connectivity index (χ1n) is 5.25. The zero-order chi connectivity index (χ0) is 12.5. The Morgan fingerprint density at radius 2 is 1.76 bits per heavy atom. The monoisotopic (exact) mass is 257 g/mol. The minimum Gasteiger partial charge on any atom is -0.397 e. The Morgan fingerprint density at radius 3 is 2.35 bits per heavy atom. The molecule has 1 aliphatic heterocycles. The van der Waals surface area contributed by atoms with Crippen molar-refractivity contribution in [3.05, 3.63) is 18.2 Å². The number of anilines is 2. The number of nitrogens with zero attached hydrogens (tertiary/aromatic N) is 1. The highest BCUT2D eigenvalue weighted by Crippen LogP contribution is 2.22. The Morgan fingerprint density at radius 1 is 1.12 bits per heavy atom. The molecule has 1 saturated heterocycles. The third kappa shape index (κ3) is 2.36. The maximum Gasteiger partial charge on any atom is 0.243 e. The third-order valence-electron chi connectivity index (χ3n) is 2.67. The van der Waals surface area contributed by atoms with Crippen molar-refractivity contribution in [2.45, 2.75) is 4.90 Å². The van der Waals surface area contributed by atoms with Crippen LogP contribution in [0.15, 0.2) is 23.1 Å². The maximum atomic E-state index is 12.2. The summed E-state index contributed by atoms with van der Waals surface area (Å²) in [5.74, 6) is 0. The van der Waals surface area contributed by atoms with Gasteiger partial charge in [0.15, 0.2) is 0 Å². The van der Waals surface area contributed by atoms with Crippen LogP contribution in [0.5, 0.6) is 0 Å². The second kappa shape index (κ2) is 4.52. The fraction of sp³-hybridized carbons (Fsp3) is 0.400. The minimum absolute atomic E-state index is 0.172. The number of morpholine rings is 1. The van der Waals surface area contributed by atoms with Gasteiger partial charge in [-0.3, -0.25) is 0 Å². The van der Waals surface area contributed by atoms with Gasteiger partial charge < -0.3 is 16.2 Å². The Hall–Kier alpha value is -1.31. The molecule has 0 unspecified atom stereocenters. The molecule has 6 nitrogen and oxygen atoms in total. The van der Waals surface area contributed by atoms with Crippen LogP contribution >= 0.6 is 0 Å². The molecule has 0 saturated carbocycles. The molecule has 0 aliphatic carbocycles. The van der Waals surface area contributed by atoms with Gasteiger partial charge in [0, 0.05) is 13.1 Å². The second-order valence-corrected chi connectivity index (χ2v) is 5.75. The normalized spacial score (nSPS) is 18.1. The first-order valence-corrected chi connectivity index (χ1v) is 6.69. The molecule has 7 heteroatoms. The van der Waals surface area contributed by atoms with Crippen molar-refractivity contribution < 1.29 is 13.2 Å². The SMILES string of the molecule is Nc1ccc(S(=O)(=O)N2CCOCC2)cc1N. The van der Waals surface area contributed by atoms with E-state index in [2.05, 4.69) is 0 Å². The van der Waals surface area contributed by atoms with Crippen LogP contribution in [0.4, 0.5) is 11.4 Å². The highest BCUT2D eigenvalue weighted by atomic mass is 32.2. The lowest BCUT2D eigenvalue weighted by Crippen LogP contribution is -2.40. The van der Waals surface area contributed by atoms with E-state index in [1.807, 2.05) is 0 Å². The molecule has 0 atom stereocenters. The molecule has 94 valence electrons. The lowest BCUT2D eigenvalue weighted by Gasteiger charge is -2.26. The molecule has 1 aromatic carbocycles. The van der Waals surface area contributed by atoms with Gasteiger partial charge in [0.25, 0.3) is 0 Å². The van der Waals surface area contributed by atoms with E-state index in [-0.39, 0.29) is 10.6 Å². The van der Waals surface area contributed by atoms with Crippen molar-refractivity contribution in [2.75, 3.05) is 37.8 Å². The molecule has 1 fully saturated rings. The summed E-state index contributed by atoms with van der Waals surface area (Å²) in [7, 11) is -3.48. The summed E-state index contributed by atoms with van der Waals surface area (Å²) < 4.78 is 31.0. The van der Waals surface area contributed by atoms with Gasteiger partial charge >= 0.3 is 0 Å². The number of rotatable bonds is 2. The van der Waals surface area contributed by atoms with E-state index in [0.29, 0.717) is 32.0 Å². The van der Waals surface area contributed by atoms with E-state index in [1.54, 1.807) is 0 Å². The summed E-state index contributed by atoms with van der Waals surface area (Å²) in [5, 5.41) is 0. The van der Waals surface area contributed by atoms with Crippen LogP contribution in [0.1, 0.15) is 0 Å². The van der Waals surface area contributed by atoms with Crippen LogP contribution in [0.3, 0.4) is 0 Å². The number of hydrogen-bond acceptors (Lipinski definition) is 5. The van der Waals surface area contributed by atoms with Crippen LogP contribution in [0.25, 0.3) is 0 Å². The molecule has 1 aromatic rings. The standard InChI is InChI=1S/C10H15N3O3S/c11-9-2-1-8(7-10(9)12)17(14,15)13-3-5-16-6-4-13/h1-2,7H,3-6,11-12H2. The molecular formula is C10H15N3O3S. The van der Waals surface area contributed by atoms with Gasteiger partial charge in [-0.1, -0.05) is 0 Å². The Labute approximate surface area is 100 Å². The molecule has 0 radical (unpaired) electrons. The summed E-state index contributed by atoms with van der Waals surface area (Å²) in [6.45, 7) is 1.58. The van der Waals surface area contributed by atoms with Crippen molar-refractivity contribution in [1.82, 2.24) is 4.31 Å². The number of benzene rings is 1. The number of nitrogens with two attached hydrogens (primary N) is 2. The average molecular weight is 257 g/mol. The van der Waals surface area contributed by atoms with Gasteiger partial charge in [-0.25, -0.2) is 8.42 Å². The van der Waals surface area contributed by atoms with Crippen LogP contribution in [0, 0.1) is 0 Å². The van der Waals surface area contributed by atoms with Crippen molar-refractivity contribution >= 4 is 21.4 Å². The van der Waals surface area contributed by atoms with Crippen LogP contribution < -0.4 is 11.5 Å². The predicted octanol–water partition coefficient (Wildman–Crippen LogP) is -0.128. The van der Waals surface area contributed by atoms with Crippen LogP contribution in [-0.2, 0) is 14.8 Å². The van der Waals surface area contributed by atoms with Gasteiger partial charge in [-0.05, 0) is 18.2 Å². The van der Waals surface area contributed by atoms with Gasteiger partial charge in [-0.2, -0.15) is 4.31 Å². The number of nitrogen functional groups attached to an aromatic ring is 2. The van der Waals surface area contributed by atoms with Gasteiger partial charge in [0.2, 0.25) is 10.0 Å². The predicted molar refractivity (Wildman–Crippen MR) is 64.8 cm³/mol. The summed E-state index contributed by atoms with van der Waals surface area (Å²) in [5.41, 5.74) is 11.8. The number of sulfonamides is 1. The minimum atomic E-state index is -3.48. The molecule has 1 aliphatic rings. The maximum absolute atomic E-state index is 12.2. The fourth-order valence-corrected chi connectivity index (χ4v) is 3.09.